The van der Waals surface area contributed by atoms with Gasteiger partial charge in [-0.15, -0.1) is 0 Å². The molecule has 3 nitrogen and oxygen atoms in total. The lowest BCUT2D eigenvalue weighted by molar-refractivity contribution is 0.422. The Kier molecular flexibility index (Phi) is 2.69. The molecule has 2 heterocycles. The van der Waals surface area contributed by atoms with E-state index >= 15 is 0 Å². The molecule has 0 amide bonds. The maximum atomic E-state index is 9.25. The summed E-state index contributed by atoms with van der Waals surface area (Å²) < 4.78 is 1.73. The van der Waals surface area contributed by atoms with Crippen molar-refractivity contribution in [1.82, 2.24) is 9.78 Å². The first-order valence-corrected chi connectivity index (χ1v) is 5.82. The van der Waals surface area contributed by atoms with Gasteiger partial charge in [0, 0.05) is 0 Å². The molecule has 1 aliphatic rings. The Morgan fingerprint density at radius 2 is 2.23 bits per heavy atom. The molecule has 1 N–H and O–H groups in total. The Bertz CT molecular complexity index is 296. The summed E-state index contributed by atoms with van der Waals surface area (Å²) in [5.74, 6) is 2.39. The number of aromatic nitrogens is 2. The lowest BCUT2D eigenvalue weighted by Gasteiger charge is -2.22. The van der Waals surface area contributed by atoms with E-state index in [1.165, 1.54) is 6.20 Å². The van der Waals surface area contributed by atoms with Gasteiger partial charge in [-0.05, 0) is 24.3 Å². The Labute approximate surface area is 86.1 Å². The van der Waals surface area contributed by atoms with Crippen LogP contribution in [0.3, 0.4) is 0 Å². The van der Waals surface area contributed by atoms with Crippen molar-refractivity contribution in [2.45, 2.75) is 18.9 Å². The van der Waals surface area contributed by atoms with Crippen LogP contribution in [0.4, 0.5) is 0 Å². The summed E-state index contributed by atoms with van der Waals surface area (Å²) >= 11 is 7.85. The highest BCUT2D eigenvalue weighted by atomic mass is 35.5. The van der Waals surface area contributed by atoms with E-state index in [9.17, 15) is 5.11 Å². The molecule has 1 fully saturated rings. The third-order valence-electron chi connectivity index (χ3n) is 2.25. The zero-order valence-electron chi connectivity index (χ0n) is 7.11. The molecular formula is C8H11ClN2OS. The molecule has 5 heteroatoms. The summed E-state index contributed by atoms with van der Waals surface area (Å²) in [4.78, 5) is 0. The average molecular weight is 219 g/mol. The molecule has 0 spiro atoms. The van der Waals surface area contributed by atoms with Crippen LogP contribution in [0.1, 0.15) is 18.9 Å². The van der Waals surface area contributed by atoms with E-state index in [0.717, 1.165) is 24.3 Å². The molecule has 1 aromatic heterocycles. The van der Waals surface area contributed by atoms with Gasteiger partial charge in [-0.3, -0.25) is 0 Å². The van der Waals surface area contributed by atoms with Gasteiger partial charge in [0.25, 0.3) is 0 Å². The van der Waals surface area contributed by atoms with Gasteiger partial charge in [0.05, 0.1) is 12.2 Å². The minimum absolute atomic E-state index is 0.0832. The van der Waals surface area contributed by atoms with Crippen LogP contribution in [-0.2, 0) is 0 Å². The number of hydrogen-bond acceptors (Lipinski definition) is 3. The molecule has 0 saturated carbocycles. The molecule has 0 unspecified atom stereocenters. The summed E-state index contributed by atoms with van der Waals surface area (Å²) in [5.41, 5.74) is 0. The van der Waals surface area contributed by atoms with Crippen molar-refractivity contribution in [3.05, 3.63) is 11.3 Å². The molecular weight excluding hydrogens is 208 g/mol. The van der Waals surface area contributed by atoms with Crippen LogP contribution in [0.2, 0.25) is 5.15 Å². The molecule has 0 aliphatic carbocycles. The van der Waals surface area contributed by atoms with Gasteiger partial charge < -0.3 is 5.11 Å². The highest BCUT2D eigenvalue weighted by Crippen LogP contribution is 2.32. The Balaban J connectivity index is 2.18. The largest absolute Gasteiger partial charge is 0.504 e. The second kappa shape index (κ2) is 3.80. The second-order valence-electron chi connectivity index (χ2n) is 3.11. The van der Waals surface area contributed by atoms with E-state index in [1.807, 2.05) is 11.8 Å². The Morgan fingerprint density at radius 3 is 2.77 bits per heavy atom. The van der Waals surface area contributed by atoms with Crippen LogP contribution in [0.5, 0.6) is 5.75 Å². The van der Waals surface area contributed by atoms with Gasteiger partial charge >= 0.3 is 0 Å². The zero-order chi connectivity index (χ0) is 9.26. The minimum Gasteiger partial charge on any atom is -0.504 e. The first-order valence-electron chi connectivity index (χ1n) is 4.29. The standard InChI is InChI=1S/C8H11ClN2OS/c9-8-7(12)5-10-11(8)6-1-3-13-4-2-6/h5-6,12H,1-4H2. The number of halogens is 1. The molecule has 1 saturated heterocycles. The molecule has 72 valence electrons. The van der Waals surface area contributed by atoms with Gasteiger partial charge in [0.2, 0.25) is 0 Å². The number of hydrogen-bond donors (Lipinski definition) is 1. The number of aromatic hydroxyl groups is 1. The predicted molar refractivity (Wildman–Crippen MR) is 54.5 cm³/mol. The number of thioether (sulfide) groups is 1. The predicted octanol–water partition coefficient (Wildman–Crippen LogP) is 2.31. The molecule has 0 aromatic carbocycles. The van der Waals surface area contributed by atoms with Gasteiger partial charge in [-0.25, -0.2) is 4.68 Å². The first-order chi connectivity index (χ1) is 6.29. The van der Waals surface area contributed by atoms with Crippen LogP contribution < -0.4 is 0 Å². The molecule has 2 rings (SSSR count). The number of nitrogens with zero attached hydrogens (tertiary/aromatic N) is 2. The number of rotatable bonds is 1. The van der Waals surface area contributed by atoms with Crippen molar-refractivity contribution in [1.29, 1.82) is 0 Å². The van der Waals surface area contributed by atoms with E-state index in [-0.39, 0.29) is 5.75 Å². The quantitative estimate of drug-likeness (QED) is 0.786. The molecule has 13 heavy (non-hydrogen) atoms. The molecule has 0 atom stereocenters. The van der Waals surface area contributed by atoms with Crippen molar-refractivity contribution in [2.75, 3.05) is 11.5 Å². The second-order valence-corrected chi connectivity index (χ2v) is 4.69. The Hall–Kier alpha value is -0.350. The summed E-state index contributed by atoms with van der Waals surface area (Å²) in [7, 11) is 0. The lowest BCUT2D eigenvalue weighted by Crippen LogP contribution is -2.16. The minimum atomic E-state index is 0.0832. The van der Waals surface area contributed by atoms with Crippen LogP contribution in [0, 0.1) is 0 Å². The van der Waals surface area contributed by atoms with E-state index in [4.69, 9.17) is 11.6 Å². The monoisotopic (exact) mass is 218 g/mol. The summed E-state index contributed by atoms with van der Waals surface area (Å²) in [6.07, 6.45) is 3.58. The maximum Gasteiger partial charge on any atom is 0.173 e. The smallest absolute Gasteiger partial charge is 0.173 e. The van der Waals surface area contributed by atoms with E-state index in [1.54, 1.807) is 4.68 Å². The third kappa shape index (κ3) is 1.79. The van der Waals surface area contributed by atoms with Crippen LogP contribution >= 0.6 is 23.4 Å². The van der Waals surface area contributed by atoms with Gasteiger partial charge in [-0.1, -0.05) is 11.6 Å². The van der Waals surface area contributed by atoms with Gasteiger partial charge in [0.1, 0.15) is 0 Å². The van der Waals surface area contributed by atoms with Crippen LogP contribution in [0.15, 0.2) is 6.20 Å². The fourth-order valence-corrected chi connectivity index (χ4v) is 2.83. The SMILES string of the molecule is Oc1cnn(C2CCSCC2)c1Cl. The first kappa shape index (κ1) is 9.21. The third-order valence-corrected chi connectivity index (χ3v) is 3.67. The lowest BCUT2D eigenvalue weighted by atomic mass is 10.2. The summed E-state index contributed by atoms with van der Waals surface area (Å²) in [5, 5.41) is 13.7. The zero-order valence-corrected chi connectivity index (χ0v) is 8.68. The molecule has 1 aromatic rings. The highest BCUT2D eigenvalue weighted by molar-refractivity contribution is 7.99. The van der Waals surface area contributed by atoms with Crippen molar-refractivity contribution in [3.8, 4) is 5.75 Å². The van der Waals surface area contributed by atoms with Gasteiger partial charge in [-0.2, -0.15) is 16.9 Å². The normalized spacial score (nSPS) is 19.2. The molecule has 0 radical (unpaired) electrons. The van der Waals surface area contributed by atoms with Crippen molar-refractivity contribution in [2.24, 2.45) is 0 Å². The maximum absolute atomic E-state index is 9.25. The fraction of sp³-hybridized carbons (Fsp3) is 0.625. The van der Waals surface area contributed by atoms with Crippen molar-refractivity contribution in [3.63, 3.8) is 0 Å². The summed E-state index contributed by atoms with van der Waals surface area (Å²) in [6.45, 7) is 0. The van der Waals surface area contributed by atoms with Crippen LogP contribution in [-0.4, -0.2) is 26.4 Å². The van der Waals surface area contributed by atoms with E-state index in [0.29, 0.717) is 11.2 Å². The van der Waals surface area contributed by atoms with E-state index < -0.39 is 0 Å². The summed E-state index contributed by atoms with van der Waals surface area (Å²) in [6, 6.07) is 0.370. The van der Waals surface area contributed by atoms with Gasteiger partial charge in [0.15, 0.2) is 10.9 Å². The van der Waals surface area contributed by atoms with Crippen molar-refractivity contribution >= 4 is 23.4 Å². The van der Waals surface area contributed by atoms with E-state index in [2.05, 4.69) is 5.10 Å². The highest BCUT2D eigenvalue weighted by Gasteiger charge is 2.19. The average Bonchev–Trinajstić information content (AvgIpc) is 2.49. The Morgan fingerprint density at radius 1 is 1.54 bits per heavy atom. The van der Waals surface area contributed by atoms with Crippen LogP contribution in [0.25, 0.3) is 0 Å². The fourth-order valence-electron chi connectivity index (χ4n) is 1.52. The van der Waals surface area contributed by atoms with Crippen molar-refractivity contribution < 1.29 is 5.11 Å². The topological polar surface area (TPSA) is 38.1 Å². The molecule has 1 aliphatic heterocycles. The molecule has 0 bridgehead atoms.